The standard InChI is InChI=1S/C15H14N2O5S/c18-17(19)15-13(11-5-2-1-3-6-11)7-4-8-14(15)23(20,21)16-12-9-22-10-12/h1-8,12,16H,9-10H2. The van der Waals surface area contributed by atoms with Gasteiger partial charge in [-0.05, 0) is 17.7 Å². The van der Waals surface area contributed by atoms with Crippen LogP contribution in [-0.4, -0.2) is 32.6 Å². The molecule has 1 aliphatic heterocycles. The monoisotopic (exact) mass is 334 g/mol. The van der Waals surface area contributed by atoms with Gasteiger partial charge in [0, 0.05) is 0 Å². The fraction of sp³-hybridized carbons (Fsp3) is 0.200. The summed E-state index contributed by atoms with van der Waals surface area (Å²) in [5.74, 6) is 0. The first kappa shape index (κ1) is 15.6. The normalized spacial score (nSPS) is 15.1. The van der Waals surface area contributed by atoms with Crippen molar-refractivity contribution in [3.05, 3.63) is 58.6 Å². The third-order valence-corrected chi connectivity index (χ3v) is 5.07. The van der Waals surface area contributed by atoms with E-state index < -0.39 is 20.6 Å². The number of ether oxygens (including phenoxy) is 1. The quantitative estimate of drug-likeness (QED) is 0.665. The minimum absolute atomic E-state index is 0.267. The summed E-state index contributed by atoms with van der Waals surface area (Å²) >= 11 is 0. The molecule has 1 saturated heterocycles. The molecule has 0 unspecified atom stereocenters. The van der Waals surface area contributed by atoms with E-state index in [0.717, 1.165) is 0 Å². The molecule has 1 aliphatic rings. The zero-order valence-corrected chi connectivity index (χ0v) is 12.8. The van der Waals surface area contributed by atoms with E-state index in [9.17, 15) is 18.5 Å². The van der Waals surface area contributed by atoms with Gasteiger partial charge in [-0.2, -0.15) is 0 Å². The summed E-state index contributed by atoms with van der Waals surface area (Å²) in [6.07, 6.45) is 0. The molecule has 3 rings (SSSR count). The molecule has 1 N–H and O–H groups in total. The highest BCUT2D eigenvalue weighted by Gasteiger charge is 2.32. The minimum Gasteiger partial charge on any atom is -0.378 e. The number of para-hydroxylation sites is 1. The molecule has 0 saturated carbocycles. The number of rotatable bonds is 5. The first-order chi connectivity index (χ1) is 11.0. The zero-order chi connectivity index (χ0) is 16.4. The van der Waals surface area contributed by atoms with Gasteiger partial charge < -0.3 is 4.74 Å². The average molecular weight is 334 g/mol. The summed E-state index contributed by atoms with van der Waals surface area (Å²) in [6, 6.07) is 12.6. The van der Waals surface area contributed by atoms with E-state index in [0.29, 0.717) is 5.56 Å². The second-order valence-corrected chi connectivity index (χ2v) is 6.81. The number of nitro groups is 1. The lowest BCUT2D eigenvalue weighted by atomic mass is 10.0. The van der Waals surface area contributed by atoms with Crippen molar-refractivity contribution in [2.24, 2.45) is 0 Å². The summed E-state index contributed by atoms with van der Waals surface area (Å²) < 4.78 is 32.3. The fourth-order valence-electron chi connectivity index (χ4n) is 2.36. The molecule has 0 atom stereocenters. The molecule has 2 aromatic carbocycles. The van der Waals surface area contributed by atoms with Gasteiger partial charge in [0.25, 0.3) is 5.69 Å². The molecule has 7 nitrogen and oxygen atoms in total. The highest BCUT2D eigenvalue weighted by Crippen LogP contribution is 2.35. The number of nitrogens with one attached hydrogen (secondary N) is 1. The first-order valence-corrected chi connectivity index (χ1v) is 8.40. The van der Waals surface area contributed by atoms with Crippen LogP contribution in [0.1, 0.15) is 0 Å². The lowest BCUT2D eigenvalue weighted by Crippen LogP contribution is -2.48. The molecule has 2 aromatic rings. The van der Waals surface area contributed by atoms with Gasteiger partial charge in [0.05, 0.1) is 29.7 Å². The maximum Gasteiger partial charge on any atom is 0.297 e. The maximum atomic E-state index is 12.5. The van der Waals surface area contributed by atoms with Crippen LogP contribution in [0.2, 0.25) is 0 Å². The largest absolute Gasteiger partial charge is 0.378 e. The Bertz CT molecular complexity index is 832. The number of nitrogens with zero attached hydrogens (tertiary/aromatic N) is 1. The lowest BCUT2D eigenvalue weighted by molar-refractivity contribution is -0.387. The second-order valence-electron chi connectivity index (χ2n) is 5.13. The van der Waals surface area contributed by atoms with Crippen LogP contribution in [0.15, 0.2) is 53.4 Å². The van der Waals surface area contributed by atoms with Crippen molar-refractivity contribution in [3.63, 3.8) is 0 Å². The van der Waals surface area contributed by atoms with Crippen molar-refractivity contribution in [1.82, 2.24) is 4.72 Å². The molecule has 23 heavy (non-hydrogen) atoms. The van der Waals surface area contributed by atoms with Gasteiger partial charge in [0.2, 0.25) is 10.0 Å². The lowest BCUT2D eigenvalue weighted by Gasteiger charge is -2.26. The number of benzene rings is 2. The van der Waals surface area contributed by atoms with Crippen molar-refractivity contribution in [3.8, 4) is 11.1 Å². The maximum absolute atomic E-state index is 12.5. The summed E-state index contributed by atoms with van der Waals surface area (Å²) in [6.45, 7) is 0.538. The van der Waals surface area contributed by atoms with Crippen LogP contribution in [-0.2, 0) is 14.8 Å². The van der Waals surface area contributed by atoms with Crippen molar-refractivity contribution in [2.75, 3.05) is 13.2 Å². The smallest absolute Gasteiger partial charge is 0.297 e. The van der Waals surface area contributed by atoms with Crippen LogP contribution in [0.3, 0.4) is 0 Å². The number of sulfonamides is 1. The van der Waals surface area contributed by atoms with Crippen molar-refractivity contribution >= 4 is 15.7 Å². The highest BCUT2D eigenvalue weighted by atomic mass is 32.2. The predicted molar refractivity (Wildman–Crippen MR) is 83.5 cm³/mol. The van der Waals surface area contributed by atoms with Crippen LogP contribution >= 0.6 is 0 Å². The number of nitro benzene ring substituents is 1. The van der Waals surface area contributed by atoms with E-state index in [1.54, 1.807) is 36.4 Å². The van der Waals surface area contributed by atoms with Gasteiger partial charge >= 0.3 is 0 Å². The predicted octanol–water partition coefficient (Wildman–Crippen LogP) is 1.94. The minimum atomic E-state index is -4.00. The Kier molecular flexibility index (Phi) is 4.12. The molecule has 0 aromatic heterocycles. The number of hydrogen-bond acceptors (Lipinski definition) is 5. The Morgan fingerprint density at radius 2 is 1.78 bits per heavy atom. The molecule has 0 radical (unpaired) electrons. The van der Waals surface area contributed by atoms with Gasteiger partial charge in [0.15, 0.2) is 4.90 Å². The molecule has 1 fully saturated rings. The van der Waals surface area contributed by atoms with Crippen LogP contribution in [0, 0.1) is 10.1 Å². The Balaban J connectivity index is 2.12. The Labute approximate surface area is 133 Å². The SMILES string of the molecule is O=[N+]([O-])c1c(-c2ccccc2)cccc1S(=O)(=O)NC1COC1. The van der Waals surface area contributed by atoms with Crippen LogP contribution < -0.4 is 4.72 Å². The molecular formula is C15H14N2O5S. The van der Waals surface area contributed by atoms with Crippen molar-refractivity contribution in [1.29, 1.82) is 0 Å². The van der Waals surface area contributed by atoms with Gasteiger partial charge in [-0.1, -0.05) is 36.4 Å². The van der Waals surface area contributed by atoms with E-state index >= 15 is 0 Å². The van der Waals surface area contributed by atoms with Crippen molar-refractivity contribution < 1.29 is 18.1 Å². The Morgan fingerprint density at radius 1 is 1.09 bits per heavy atom. The van der Waals surface area contributed by atoms with Gasteiger partial charge in [-0.25, -0.2) is 13.1 Å². The first-order valence-electron chi connectivity index (χ1n) is 6.92. The van der Waals surface area contributed by atoms with Gasteiger partial charge in [0.1, 0.15) is 0 Å². The second kappa shape index (κ2) is 6.07. The molecule has 1 heterocycles. The fourth-order valence-corrected chi connectivity index (χ4v) is 3.76. The molecule has 0 amide bonds. The molecule has 8 heteroatoms. The van der Waals surface area contributed by atoms with E-state index in [4.69, 9.17) is 4.74 Å². The van der Waals surface area contributed by atoms with Gasteiger partial charge in [-0.3, -0.25) is 10.1 Å². The summed E-state index contributed by atoms with van der Waals surface area (Å²) in [4.78, 5) is 10.5. The average Bonchev–Trinajstić information content (AvgIpc) is 2.51. The summed E-state index contributed by atoms with van der Waals surface area (Å²) in [5.41, 5.74) is 0.429. The van der Waals surface area contributed by atoms with E-state index in [1.165, 1.54) is 12.1 Å². The molecular weight excluding hydrogens is 320 g/mol. The highest BCUT2D eigenvalue weighted by molar-refractivity contribution is 7.89. The van der Waals surface area contributed by atoms with Gasteiger partial charge in [-0.15, -0.1) is 0 Å². The van der Waals surface area contributed by atoms with E-state index in [2.05, 4.69) is 4.72 Å². The summed E-state index contributed by atoms with van der Waals surface area (Å²) in [7, 11) is -4.00. The van der Waals surface area contributed by atoms with E-state index in [1.807, 2.05) is 0 Å². The van der Waals surface area contributed by atoms with Crippen molar-refractivity contribution in [2.45, 2.75) is 10.9 Å². The third-order valence-electron chi connectivity index (χ3n) is 3.52. The molecule has 120 valence electrons. The summed E-state index contributed by atoms with van der Waals surface area (Å²) in [5, 5.41) is 11.5. The van der Waals surface area contributed by atoms with Crippen LogP contribution in [0.4, 0.5) is 5.69 Å². The molecule has 0 bridgehead atoms. The Hall–Kier alpha value is -2.29. The van der Waals surface area contributed by atoms with E-state index in [-0.39, 0.29) is 29.7 Å². The molecule has 0 aliphatic carbocycles. The zero-order valence-electron chi connectivity index (χ0n) is 12.0. The van der Waals surface area contributed by atoms with Crippen LogP contribution in [0.25, 0.3) is 11.1 Å². The molecule has 0 spiro atoms. The van der Waals surface area contributed by atoms with Crippen LogP contribution in [0.5, 0.6) is 0 Å². The topological polar surface area (TPSA) is 98.5 Å². The third kappa shape index (κ3) is 3.09. The number of hydrogen-bond donors (Lipinski definition) is 1. The Morgan fingerprint density at radius 3 is 2.35 bits per heavy atom.